The molecule has 0 radical (unpaired) electrons. The van der Waals surface area contributed by atoms with Crippen molar-refractivity contribution >= 4 is 15.9 Å². The van der Waals surface area contributed by atoms with Gasteiger partial charge in [-0.2, -0.15) is 4.31 Å². The van der Waals surface area contributed by atoms with Gasteiger partial charge in [0, 0.05) is 19.6 Å². The first kappa shape index (κ1) is 23.7. The summed E-state index contributed by atoms with van der Waals surface area (Å²) < 4.78 is 48.4. The van der Waals surface area contributed by atoms with Crippen LogP contribution in [0.25, 0.3) is 0 Å². The van der Waals surface area contributed by atoms with Crippen molar-refractivity contribution < 1.29 is 32.2 Å². The van der Waals surface area contributed by atoms with Gasteiger partial charge < -0.3 is 24.3 Å². The fourth-order valence-electron chi connectivity index (χ4n) is 3.68. The summed E-state index contributed by atoms with van der Waals surface area (Å²) in [5.74, 6) is 1.19. The number of amides is 1. The SMILES string of the molecule is COc1cc2c(cc1OC)CN(S(=O)(=O)CCNC(=O)c1c(OC)cccc1OC)CC2. The summed E-state index contributed by atoms with van der Waals surface area (Å²) in [7, 11) is 2.43. The van der Waals surface area contributed by atoms with Crippen molar-refractivity contribution in [3.63, 3.8) is 0 Å². The minimum absolute atomic E-state index is 0.0440. The number of hydrogen-bond donors (Lipinski definition) is 1. The zero-order chi connectivity index (χ0) is 23.3. The van der Waals surface area contributed by atoms with Crippen molar-refractivity contribution in [2.75, 3.05) is 47.3 Å². The number of rotatable bonds is 9. The molecule has 9 nitrogen and oxygen atoms in total. The number of nitrogens with zero attached hydrogens (tertiary/aromatic N) is 1. The average molecular weight is 465 g/mol. The van der Waals surface area contributed by atoms with Gasteiger partial charge in [0.25, 0.3) is 5.91 Å². The molecule has 1 aliphatic rings. The molecule has 0 saturated carbocycles. The van der Waals surface area contributed by atoms with E-state index in [0.29, 0.717) is 36.0 Å². The third-order valence-electron chi connectivity index (χ3n) is 5.38. The zero-order valence-corrected chi connectivity index (χ0v) is 19.5. The Morgan fingerprint density at radius 2 is 1.50 bits per heavy atom. The molecular formula is C22H28N2O7S. The predicted octanol–water partition coefficient (Wildman–Crippen LogP) is 1.84. The first-order valence-electron chi connectivity index (χ1n) is 10.1. The molecule has 0 atom stereocenters. The van der Waals surface area contributed by atoms with Crippen LogP contribution in [0.1, 0.15) is 21.5 Å². The maximum absolute atomic E-state index is 12.9. The van der Waals surface area contributed by atoms with Crippen LogP contribution in [0.2, 0.25) is 0 Å². The highest BCUT2D eigenvalue weighted by Gasteiger charge is 2.28. The Bertz CT molecular complexity index is 1060. The molecule has 0 fully saturated rings. The summed E-state index contributed by atoms with van der Waals surface area (Å²) in [5, 5.41) is 2.65. The molecule has 0 unspecified atom stereocenters. The molecule has 0 spiro atoms. The fourth-order valence-corrected chi connectivity index (χ4v) is 5.00. The average Bonchev–Trinajstić information content (AvgIpc) is 2.81. The lowest BCUT2D eigenvalue weighted by Crippen LogP contribution is -2.40. The number of ether oxygens (including phenoxy) is 4. The summed E-state index contributed by atoms with van der Waals surface area (Å²) in [6.07, 6.45) is 0.569. The summed E-state index contributed by atoms with van der Waals surface area (Å²) in [6.45, 7) is 0.559. The van der Waals surface area contributed by atoms with Crippen LogP contribution in [-0.2, 0) is 23.0 Å². The fraction of sp³-hybridized carbons (Fsp3) is 0.409. The Labute approximate surface area is 188 Å². The van der Waals surface area contributed by atoms with Crippen molar-refractivity contribution in [3.05, 3.63) is 47.0 Å². The second-order valence-electron chi connectivity index (χ2n) is 7.17. The first-order valence-corrected chi connectivity index (χ1v) is 11.7. The minimum Gasteiger partial charge on any atom is -0.496 e. The number of methoxy groups -OCH3 is 4. The third kappa shape index (κ3) is 4.91. The van der Waals surface area contributed by atoms with Crippen molar-refractivity contribution in [2.45, 2.75) is 13.0 Å². The second kappa shape index (κ2) is 10.1. The number of nitrogens with one attached hydrogen (secondary N) is 1. The van der Waals surface area contributed by atoms with E-state index in [1.54, 1.807) is 32.4 Å². The van der Waals surface area contributed by atoms with E-state index in [1.165, 1.54) is 18.5 Å². The second-order valence-corrected chi connectivity index (χ2v) is 9.26. The van der Waals surface area contributed by atoms with E-state index in [9.17, 15) is 13.2 Å². The maximum atomic E-state index is 12.9. The van der Waals surface area contributed by atoms with Crippen molar-refractivity contribution in [3.8, 4) is 23.0 Å². The van der Waals surface area contributed by atoms with E-state index >= 15 is 0 Å². The summed E-state index contributed by atoms with van der Waals surface area (Å²) in [4.78, 5) is 12.7. The van der Waals surface area contributed by atoms with E-state index in [2.05, 4.69) is 5.32 Å². The number of hydrogen-bond acceptors (Lipinski definition) is 7. The summed E-state index contributed by atoms with van der Waals surface area (Å²) >= 11 is 0. The Kier molecular flexibility index (Phi) is 7.47. The molecule has 1 amide bonds. The van der Waals surface area contributed by atoms with Crippen LogP contribution in [0.5, 0.6) is 23.0 Å². The van der Waals surface area contributed by atoms with Crippen LogP contribution in [0, 0.1) is 0 Å². The normalized spacial score (nSPS) is 13.8. The summed E-state index contributed by atoms with van der Waals surface area (Å²) in [6, 6.07) is 8.69. The molecule has 0 aliphatic carbocycles. The number of benzene rings is 2. The molecule has 0 aromatic heterocycles. The highest BCUT2D eigenvalue weighted by Crippen LogP contribution is 2.34. The number of carbonyl (C=O) groups excluding carboxylic acids is 1. The van der Waals surface area contributed by atoms with Crippen LogP contribution in [0.15, 0.2) is 30.3 Å². The van der Waals surface area contributed by atoms with Gasteiger partial charge >= 0.3 is 0 Å². The quantitative estimate of drug-likeness (QED) is 0.604. The van der Waals surface area contributed by atoms with Crippen LogP contribution in [0.3, 0.4) is 0 Å². The number of fused-ring (bicyclic) bond motifs is 1. The number of sulfonamides is 1. The van der Waals surface area contributed by atoms with Crippen LogP contribution in [-0.4, -0.2) is 65.9 Å². The van der Waals surface area contributed by atoms with Crippen molar-refractivity contribution in [1.82, 2.24) is 9.62 Å². The minimum atomic E-state index is -3.59. The lowest BCUT2D eigenvalue weighted by Gasteiger charge is -2.29. The highest BCUT2D eigenvalue weighted by molar-refractivity contribution is 7.89. The van der Waals surface area contributed by atoms with Gasteiger partial charge in [0.1, 0.15) is 17.1 Å². The highest BCUT2D eigenvalue weighted by atomic mass is 32.2. The zero-order valence-electron chi connectivity index (χ0n) is 18.6. The van der Waals surface area contributed by atoms with E-state index in [4.69, 9.17) is 18.9 Å². The lowest BCUT2D eigenvalue weighted by atomic mass is 10.0. The molecule has 1 heterocycles. The van der Waals surface area contributed by atoms with Crippen molar-refractivity contribution in [2.24, 2.45) is 0 Å². The monoisotopic (exact) mass is 464 g/mol. The lowest BCUT2D eigenvalue weighted by molar-refractivity contribution is 0.0949. The smallest absolute Gasteiger partial charge is 0.258 e. The van der Waals surface area contributed by atoms with Gasteiger partial charge in [-0.15, -0.1) is 0 Å². The maximum Gasteiger partial charge on any atom is 0.258 e. The van der Waals surface area contributed by atoms with Gasteiger partial charge in [0.15, 0.2) is 11.5 Å². The van der Waals surface area contributed by atoms with E-state index in [-0.39, 0.29) is 24.4 Å². The first-order chi connectivity index (χ1) is 15.3. The molecule has 3 rings (SSSR count). The van der Waals surface area contributed by atoms with Gasteiger partial charge in [0.05, 0.1) is 34.2 Å². The Morgan fingerprint density at radius 3 is 2.06 bits per heavy atom. The largest absolute Gasteiger partial charge is 0.496 e. The molecule has 2 aromatic carbocycles. The van der Waals surface area contributed by atoms with Gasteiger partial charge in [-0.3, -0.25) is 4.79 Å². The Balaban J connectivity index is 1.66. The van der Waals surface area contributed by atoms with Gasteiger partial charge in [-0.1, -0.05) is 6.07 Å². The molecule has 174 valence electrons. The van der Waals surface area contributed by atoms with Gasteiger partial charge in [-0.05, 0) is 41.8 Å². The third-order valence-corrected chi connectivity index (χ3v) is 7.20. The molecule has 1 aliphatic heterocycles. The predicted molar refractivity (Wildman–Crippen MR) is 119 cm³/mol. The standard InChI is InChI=1S/C22H28N2O7S/c1-28-17-6-5-7-18(29-2)21(17)22(25)23-9-11-32(26,27)24-10-8-15-12-19(30-3)20(31-4)13-16(15)14-24/h5-7,12-13H,8-11,14H2,1-4H3,(H,23,25). The molecule has 2 aromatic rings. The van der Waals surface area contributed by atoms with Crippen LogP contribution in [0.4, 0.5) is 0 Å². The van der Waals surface area contributed by atoms with E-state index in [0.717, 1.165) is 11.1 Å². The molecular weight excluding hydrogens is 436 g/mol. The van der Waals surface area contributed by atoms with Gasteiger partial charge in [-0.25, -0.2) is 8.42 Å². The van der Waals surface area contributed by atoms with Crippen molar-refractivity contribution in [1.29, 1.82) is 0 Å². The molecule has 32 heavy (non-hydrogen) atoms. The molecule has 0 saturated heterocycles. The van der Waals surface area contributed by atoms with Crippen LogP contribution < -0.4 is 24.3 Å². The van der Waals surface area contributed by atoms with Crippen LogP contribution >= 0.6 is 0 Å². The van der Waals surface area contributed by atoms with Gasteiger partial charge in [0.2, 0.25) is 10.0 Å². The van der Waals surface area contributed by atoms with E-state index in [1.807, 2.05) is 12.1 Å². The Morgan fingerprint density at radius 1 is 0.938 bits per heavy atom. The molecule has 10 heteroatoms. The Hall–Kier alpha value is -2.98. The topological polar surface area (TPSA) is 103 Å². The summed E-state index contributed by atoms with van der Waals surface area (Å²) in [5.41, 5.74) is 2.13. The molecule has 1 N–H and O–H groups in total. The number of carbonyl (C=O) groups is 1. The molecule has 0 bridgehead atoms. The van der Waals surface area contributed by atoms with E-state index < -0.39 is 15.9 Å².